The first-order valence-electron chi connectivity index (χ1n) is 7.98. The third-order valence-corrected chi connectivity index (χ3v) is 4.78. The molecule has 1 saturated carbocycles. The number of hydrogen-bond donors (Lipinski definition) is 1. The van der Waals surface area contributed by atoms with Crippen LogP contribution in [0.25, 0.3) is 0 Å². The van der Waals surface area contributed by atoms with Gasteiger partial charge in [0.25, 0.3) is 0 Å². The van der Waals surface area contributed by atoms with Gasteiger partial charge in [-0.2, -0.15) is 0 Å². The molecule has 1 aromatic rings. The van der Waals surface area contributed by atoms with Crippen molar-refractivity contribution in [3.8, 4) is 0 Å². The number of halogens is 2. The van der Waals surface area contributed by atoms with Crippen LogP contribution in [0.3, 0.4) is 0 Å². The van der Waals surface area contributed by atoms with E-state index in [0.717, 1.165) is 32.1 Å². The van der Waals surface area contributed by atoms with Crippen molar-refractivity contribution >= 4 is 0 Å². The Kier molecular flexibility index (Phi) is 4.55. The van der Waals surface area contributed by atoms with Crippen LogP contribution in [-0.2, 0) is 11.2 Å². The molecule has 0 amide bonds. The molecule has 1 saturated heterocycles. The molecule has 21 heavy (non-hydrogen) atoms. The van der Waals surface area contributed by atoms with E-state index in [2.05, 4.69) is 5.32 Å². The van der Waals surface area contributed by atoms with Crippen molar-refractivity contribution in [1.82, 2.24) is 5.32 Å². The Labute approximate surface area is 124 Å². The minimum absolute atomic E-state index is 0.112. The predicted molar refractivity (Wildman–Crippen MR) is 78.2 cm³/mol. The normalized spacial score (nSPS) is 24.6. The highest BCUT2D eigenvalue weighted by molar-refractivity contribution is 5.18. The number of ether oxygens (including phenoxy) is 1. The van der Waals surface area contributed by atoms with E-state index >= 15 is 0 Å². The highest BCUT2D eigenvalue weighted by atomic mass is 19.1. The van der Waals surface area contributed by atoms with Crippen molar-refractivity contribution in [1.29, 1.82) is 0 Å². The predicted octanol–water partition coefficient (Wildman–Crippen LogP) is 3.59. The van der Waals surface area contributed by atoms with Gasteiger partial charge in [-0.15, -0.1) is 0 Å². The largest absolute Gasteiger partial charge is 0.375 e. The number of benzene rings is 1. The zero-order valence-electron chi connectivity index (χ0n) is 12.3. The molecule has 2 nitrogen and oxygen atoms in total. The van der Waals surface area contributed by atoms with Crippen LogP contribution in [-0.4, -0.2) is 24.8 Å². The molecule has 2 aliphatic rings. The summed E-state index contributed by atoms with van der Waals surface area (Å²) in [5.41, 5.74) is 0.823. The molecule has 1 atom stereocenters. The maximum Gasteiger partial charge on any atom is 0.126 e. The molecule has 2 fully saturated rings. The Bertz CT molecular complexity index is 465. The van der Waals surface area contributed by atoms with Crippen LogP contribution in [0.15, 0.2) is 18.2 Å². The van der Waals surface area contributed by atoms with E-state index in [0.29, 0.717) is 18.0 Å². The minimum Gasteiger partial charge on any atom is -0.375 e. The lowest BCUT2D eigenvalue weighted by atomic mass is 9.89. The van der Waals surface area contributed by atoms with Crippen molar-refractivity contribution in [3.05, 3.63) is 35.4 Å². The molecule has 4 heteroatoms. The third kappa shape index (κ3) is 3.80. The lowest BCUT2D eigenvalue weighted by Gasteiger charge is -2.38. The first kappa shape index (κ1) is 14.9. The molecule has 3 rings (SSSR count). The second kappa shape index (κ2) is 6.41. The van der Waals surface area contributed by atoms with Gasteiger partial charge in [0.05, 0.1) is 5.60 Å². The summed E-state index contributed by atoms with van der Waals surface area (Å²) in [5.74, 6) is -0.998. The molecule has 1 aromatic carbocycles. The van der Waals surface area contributed by atoms with Crippen molar-refractivity contribution in [2.75, 3.05) is 13.2 Å². The fourth-order valence-corrected chi connectivity index (χ4v) is 3.75. The summed E-state index contributed by atoms with van der Waals surface area (Å²) in [5, 5.41) is 3.54. The van der Waals surface area contributed by atoms with E-state index in [-0.39, 0.29) is 5.60 Å². The highest BCUT2D eigenvalue weighted by Crippen LogP contribution is 2.39. The van der Waals surface area contributed by atoms with E-state index in [9.17, 15) is 8.78 Å². The molecular weight excluding hydrogens is 272 g/mol. The summed E-state index contributed by atoms with van der Waals surface area (Å²) in [7, 11) is 0. The monoisotopic (exact) mass is 295 g/mol. The summed E-state index contributed by atoms with van der Waals surface area (Å²) in [6.45, 7) is 1.58. The van der Waals surface area contributed by atoms with E-state index in [1.165, 1.54) is 37.8 Å². The van der Waals surface area contributed by atoms with Crippen LogP contribution in [0.1, 0.15) is 44.1 Å². The zero-order valence-corrected chi connectivity index (χ0v) is 12.3. The van der Waals surface area contributed by atoms with Crippen molar-refractivity contribution in [3.63, 3.8) is 0 Å². The van der Waals surface area contributed by atoms with Gasteiger partial charge >= 0.3 is 0 Å². The van der Waals surface area contributed by atoms with Gasteiger partial charge < -0.3 is 10.1 Å². The molecule has 1 N–H and O–H groups in total. The molecule has 1 spiro atoms. The molecule has 116 valence electrons. The summed E-state index contributed by atoms with van der Waals surface area (Å²) < 4.78 is 32.3. The lowest BCUT2D eigenvalue weighted by molar-refractivity contribution is -0.0834. The molecule has 0 bridgehead atoms. The van der Waals surface area contributed by atoms with Crippen molar-refractivity contribution in [2.24, 2.45) is 0 Å². The van der Waals surface area contributed by atoms with Crippen LogP contribution in [0.2, 0.25) is 0 Å². The van der Waals surface area contributed by atoms with Crippen molar-refractivity contribution < 1.29 is 13.5 Å². The average Bonchev–Trinajstić information content (AvgIpc) is 2.86. The molecule has 1 aliphatic heterocycles. The maximum atomic E-state index is 13.1. The topological polar surface area (TPSA) is 21.3 Å². The lowest BCUT2D eigenvalue weighted by Crippen LogP contribution is -2.46. The SMILES string of the molecule is Fc1cc(F)cc(CCNC2CCOC3(CCCC3)C2)c1. The summed E-state index contributed by atoms with van der Waals surface area (Å²) in [6, 6.07) is 4.20. The summed E-state index contributed by atoms with van der Waals surface area (Å²) >= 11 is 0. The summed E-state index contributed by atoms with van der Waals surface area (Å²) in [4.78, 5) is 0. The van der Waals surface area contributed by atoms with Gasteiger partial charge in [0, 0.05) is 18.7 Å². The smallest absolute Gasteiger partial charge is 0.126 e. The first-order valence-corrected chi connectivity index (χ1v) is 7.98. The van der Waals surface area contributed by atoms with Crippen LogP contribution < -0.4 is 5.32 Å². The fourth-order valence-electron chi connectivity index (χ4n) is 3.75. The van der Waals surface area contributed by atoms with Gasteiger partial charge in [-0.1, -0.05) is 12.8 Å². The minimum atomic E-state index is -0.499. The Balaban J connectivity index is 1.48. The Morgan fingerprint density at radius 1 is 1.14 bits per heavy atom. The van der Waals surface area contributed by atoms with E-state index in [1.54, 1.807) is 0 Å². The van der Waals surface area contributed by atoms with Crippen LogP contribution in [0, 0.1) is 11.6 Å². The van der Waals surface area contributed by atoms with E-state index < -0.39 is 11.6 Å². The standard InChI is InChI=1S/C17H23F2NO/c18-14-9-13(10-15(19)11-14)3-7-20-16-4-8-21-17(12-16)5-1-2-6-17/h9-11,16,20H,1-8,12H2. The molecular formula is C17H23F2NO. The van der Waals surface area contributed by atoms with E-state index in [1.807, 2.05) is 0 Å². The first-order chi connectivity index (χ1) is 10.2. The third-order valence-electron chi connectivity index (χ3n) is 4.78. The second-order valence-corrected chi connectivity index (χ2v) is 6.41. The molecule has 0 aromatic heterocycles. The quantitative estimate of drug-likeness (QED) is 0.916. The Hall–Kier alpha value is -1.00. The Morgan fingerprint density at radius 2 is 1.86 bits per heavy atom. The maximum absolute atomic E-state index is 13.1. The van der Waals surface area contributed by atoms with Gasteiger partial charge in [-0.25, -0.2) is 8.78 Å². The molecule has 0 radical (unpaired) electrons. The van der Waals surface area contributed by atoms with E-state index in [4.69, 9.17) is 4.74 Å². The summed E-state index contributed by atoms with van der Waals surface area (Å²) in [6.07, 6.45) is 7.66. The van der Waals surface area contributed by atoms with Gasteiger partial charge in [-0.05, 0) is 56.3 Å². The molecule has 1 heterocycles. The average molecular weight is 295 g/mol. The van der Waals surface area contributed by atoms with Gasteiger partial charge in [0.15, 0.2) is 0 Å². The highest BCUT2D eigenvalue weighted by Gasteiger charge is 2.39. The van der Waals surface area contributed by atoms with Crippen molar-refractivity contribution in [2.45, 2.75) is 56.6 Å². The molecule has 1 aliphatic carbocycles. The zero-order chi connectivity index (χ0) is 14.7. The number of hydrogen-bond acceptors (Lipinski definition) is 2. The number of nitrogens with one attached hydrogen (secondary N) is 1. The second-order valence-electron chi connectivity index (χ2n) is 6.41. The molecule has 1 unspecified atom stereocenters. The number of rotatable bonds is 4. The van der Waals surface area contributed by atoms with Crippen LogP contribution in [0.4, 0.5) is 8.78 Å². The van der Waals surface area contributed by atoms with Gasteiger partial charge in [0.1, 0.15) is 11.6 Å². The van der Waals surface area contributed by atoms with Crippen LogP contribution >= 0.6 is 0 Å². The Morgan fingerprint density at radius 3 is 2.57 bits per heavy atom. The fraction of sp³-hybridized carbons (Fsp3) is 0.647. The van der Waals surface area contributed by atoms with Crippen LogP contribution in [0.5, 0.6) is 0 Å². The van der Waals surface area contributed by atoms with Gasteiger partial charge in [0.2, 0.25) is 0 Å². The van der Waals surface area contributed by atoms with Gasteiger partial charge in [-0.3, -0.25) is 0 Å².